The molecule has 40 heavy (non-hydrogen) atoms. The van der Waals surface area contributed by atoms with Gasteiger partial charge in [0.15, 0.2) is 6.20 Å². The summed E-state index contributed by atoms with van der Waals surface area (Å²) in [4.78, 5) is 0. The summed E-state index contributed by atoms with van der Waals surface area (Å²) in [5.74, 6) is 0.113. The molecule has 1 aromatic heterocycles. The Hall–Kier alpha value is -1.54. The fraction of sp³-hybridized carbons (Fsp3) is 0.727. The second-order valence-corrected chi connectivity index (χ2v) is 13.2. The zero-order chi connectivity index (χ0) is 28.7. The van der Waals surface area contributed by atoms with Crippen molar-refractivity contribution in [2.45, 2.75) is 110 Å². The molecule has 1 aromatic carbocycles. The van der Waals surface area contributed by atoms with Crippen LogP contribution in [0.15, 0.2) is 42.6 Å². The molecule has 228 valence electrons. The van der Waals surface area contributed by atoms with Crippen LogP contribution in [0.2, 0.25) is 0 Å². The van der Waals surface area contributed by atoms with Crippen molar-refractivity contribution in [3.63, 3.8) is 0 Å². The van der Waals surface area contributed by atoms with Gasteiger partial charge in [-0.15, -0.1) is 0 Å². The van der Waals surface area contributed by atoms with Gasteiger partial charge in [-0.2, -0.15) is 4.57 Å². The van der Waals surface area contributed by atoms with E-state index in [2.05, 4.69) is 34.4 Å². The number of nitrogens with one attached hydrogen (secondary N) is 1. The van der Waals surface area contributed by atoms with E-state index < -0.39 is 10.0 Å². The van der Waals surface area contributed by atoms with Gasteiger partial charge in [0.1, 0.15) is 6.54 Å². The summed E-state index contributed by atoms with van der Waals surface area (Å²) in [6.07, 6.45) is 21.4. The van der Waals surface area contributed by atoms with Gasteiger partial charge in [0.05, 0.1) is 19.0 Å². The quantitative estimate of drug-likeness (QED) is 0.0949. The number of hydrogen-bond acceptors (Lipinski definition) is 4. The average molecular weight is 578 g/mol. The summed E-state index contributed by atoms with van der Waals surface area (Å²) in [6.45, 7) is 5.00. The highest BCUT2D eigenvalue weighted by molar-refractivity contribution is 7.89. The zero-order valence-corrected chi connectivity index (χ0v) is 26.3. The van der Waals surface area contributed by atoms with Crippen molar-refractivity contribution >= 4 is 20.9 Å². The molecule has 0 amide bonds. The Morgan fingerprint density at radius 3 is 2.02 bits per heavy atom. The lowest BCUT2D eigenvalue weighted by atomic mass is 10.0. The van der Waals surface area contributed by atoms with Crippen LogP contribution in [0.25, 0.3) is 10.9 Å². The number of aromatic nitrogens is 1. The van der Waals surface area contributed by atoms with Gasteiger partial charge in [0.2, 0.25) is 15.5 Å². The molecule has 1 atom stereocenters. The van der Waals surface area contributed by atoms with Crippen LogP contribution in [0.1, 0.15) is 103 Å². The second-order valence-electron chi connectivity index (χ2n) is 11.3. The first-order valence-electron chi connectivity index (χ1n) is 16.0. The van der Waals surface area contributed by atoms with Gasteiger partial charge in [0, 0.05) is 50.1 Å². The van der Waals surface area contributed by atoms with E-state index in [1.807, 2.05) is 24.4 Å². The van der Waals surface area contributed by atoms with Crippen LogP contribution in [0.5, 0.6) is 0 Å². The number of methoxy groups -OCH3 is 1. The van der Waals surface area contributed by atoms with Crippen molar-refractivity contribution in [2.75, 3.05) is 39.2 Å². The smallest absolute Gasteiger partial charge is 0.212 e. The van der Waals surface area contributed by atoms with Crippen LogP contribution in [0, 0.1) is 5.92 Å². The summed E-state index contributed by atoms with van der Waals surface area (Å²) in [5.41, 5.74) is 1.12. The van der Waals surface area contributed by atoms with Gasteiger partial charge in [-0.25, -0.2) is 13.1 Å². The summed E-state index contributed by atoms with van der Waals surface area (Å²) < 4.78 is 41.3. The Morgan fingerprint density at radius 1 is 0.775 bits per heavy atom. The predicted octanol–water partition coefficient (Wildman–Crippen LogP) is 7.20. The van der Waals surface area contributed by atoms with Crippen molar-refractivity contribution in [2.24, 2.45) is 5.92 Å². The third-order valence-corrected chi connectivity index (χ3v) is 9.02. The number of rotatable bonds is 26. The molecule has 0 saturated carbocycles. The molecule has 2 rings (SSSR count). The second kappa shape index (κ2) is 22.1. The Morgan fingerprint density at radius 2 is 1.38 bits per heavy atom. The van der Waals surface area contributed by atoms with E-state index in [1.54, 1.807) is 7.11 Å². The van der Waals surface area contributed by atoms with Gasteiger partial charge in [0.25, 0.3) is 0 Å². The fourth-order valence-electron chi connectivity index (χ4n) is 5.21. The number of para-hydroxylation sites is 1. The van der Waals surface area contributed by atoms with E-state index in [1.165, 1.54) is 83.5 Å². The first kappa shape index (κ1) is 34.7. The van der Waals surface area contributed by atoms with E-state index in [4.69, 9.17) is 9.47 Å². The van der Waals surface area contributed by atoms with Crippen LogP contribution >= 0.6 is 0 Å². The number of unbranched alkanes of at least 4 members (excludes halogenated alkanes) is 13. The average Bonchev–Trinajstić information content (AvgIpc) is 2.95. The predicted molar refractivity (Wildman–Crippen MR) is 167 cm³/mol. The molecule has 0 bridgehead atoms. The molecule has 0 aliphatic carbocycles. The molecule has 7 heteroatoms. The van der Waals surface area contributed by atoms with E-state index in [0.29, 0.717) is 32.7 Å². The first-order valence-corrected chi connectivity index (χ1v) is 17.6. The normalized spacial score (nSPS) is 12.8. The highest BCUT2D eigenvalue weighted by atomic mass is 32.2. The van der Waals surface area contributed by atoms with Crippen LogP contribution in [-0.4, -0.2) is 47.6 Å². The molecule has 0 saturated heterocycles. The van der Waals surface area contributed by atoms with Gasteiger partial charge >= 0.3 is 0 Å². The molecule has 0 radical (unpaired) electrons. The van der Waals surface area contributed by atoms with Crippen molar-refractivity contribution in [3.8, 4) is 0 Å². The molecule has 0 fully saturated rings. The summed E-state index contributed by atoms with van der Waals surface area (Å²) in [7, 11) is -1.70. The van der Waals surface area contributed by atoms with E-state index in [9.17, 15) is 8.42 Å². The summed E-state index contributed by atoms with van der Waals surface area (Å²) in [6, 6.07) is 12.2. The van der Waals surface area contributed by atoms with Gasteiger partial charge in [-0.3, -0.25) is 0 Å². The highest BCUT2D eigenvalue weighted by Gasteiger charge is 2.17. The third-order valence-electron chi connectivity index (χ3n) is 7.59. The molecule has 6 nitrogen and oxygen atoms in total. The molecule has 1 heterocycles. The number of sulfonamides is 1. The lowest BCUT2D eigenvalue weighted by molar-refractivity contribution is -0.671. The van der Waals surface area contributed by atoms with Crippen molar-refractivity contribution in [3.05, 3.63) is 42.6 Å². The van der Waals surface area contributed by atoms with Crippen LogP contribution in [-0.2, 0) is 26.0 Å². The largest absolute Gasteiger partial charge is 0.384 e. The maximum Gasteiger partial charge on any atom is 0.212 e. The standard InChI is InChI=1S/C33H57N2O4S/c1-3-4-5-6-7-8-9-10-11-12-13-14-15-18-26-39-30-31(29-38-2)28-34-40(36,37)27-20-25-35-24-19-22-32-21-16-17-23-33(32)35/h16-17,19,21-24,31,34H,3-15,18,20,25-30H2,1-2H3/q+1. The number of fused-ring (bicyclic) bond motifs is 1. The van der Waals surface area contributed by atoms with E-state index in [0.717, 1.165) is 23.9 Å². The highest BCUT2D eigenvalue weighted by Crippen LogP contribution is 2.13. The Kier molecular flexibility index (Phi) is 19.2. The molecule has 1 unspecified atom stereocenters. The minimum absolute atomic E-state index is 0.0128. The molecule has 0 aliphatic rings. The van der Waals surface area contributed by atoms with Crippen LogP contribution in [0.4, 0.5) is 0 Å². The van der Waals surface area contributed by atoms with Crippen molar-refractivity contribution in [1.82, 2.24) is 4.72 Å². The Balaban J connectivity index is 1.49. The van der Waals surface area contributed by atoms with Crippen molar-refractivity contribution in [1.29, 1.82) is 0 Å². The number of benzene rings is 1. The molecule has 2 aromatic rings. The number of aryl methyl sites for hydroxylation is 1. The van der Waals surface area contributed by atoms with Gasteiger partial charge in [-0.05, 0) is 18.6 Å². The van der Waals surface area contributed by atoms with Crippen LogP contribution < -0.4 is 9.29 Å². The molecule has 1 N–H and O–H groups in total. The first-order chi connectivity index (χ1) is 19.6. The molecular formula is C33H57N2O4S+. The molecule has 0 aliphatic heterocycles. The third kappa shape index (κ3) is 16.0. The lowest BCUT2D eigenvalue weighted by Crippen LogP contribution is -2.38. The Bertz CT molecular complexity index is 994. The lowest BCUT2D eigenvalue weighted by Gasteiger charge is -2.17. The minimum Gasteiger partial charge on any atom is -0.384 e. The fourth-order valence-corrected chi connectivity index (χ4v) is 6.35. The zero-order valence-electron chi connectivity index (χ0n) is 25.5. The number of hydrogen-bond donors (Lipinski definition) is 1. The minimum atomic E-state index is -3.35. The number of pyridine rings is 1. The maximum absolute atomic E-state index is 12.6. The Labute approximate surface area is 245 Å². The van der Waals surface area contributed by atoms with Gasteiger partial charge < -0.3 is 9.47 Å². The van der Waals surface area contributed by atoms with E-state index >= 15 is 0 Å². The van der Waals surface area contributed by atoms with Crippen LogP contribution in [0.3, 0.4) is 0 Å². The SMILES string of the molecule is CCCCCCCCCCCCCCCCOCC(CNS(=O)(=O)CCC[n+]1cccc2ccccc21)COC. The topological polar surface area (TPSA) is 68.5 Å². The molecular weight excluding hydrogens is 520 g/mol. The monoisotopic (exact) mass is 577 g/mol. The van der Waals surface area contributed by atoms with Crippen molar-refractivity contribution < 1.29 is 22.5 Å². The summed E-state index contributed by atoms with van der Waals surface area (Å²) in [5, 5.41) is 1.16. The summed E-state index contributed by atoms with van der Waals surface area (Å²) >= 11 is 0. The van der Waals surface area contributed by atoms with E-state index in [-0.39, 0.29) is 11.7 Å². The van der Waals surface area contributed by atoms with Gasteiger partial charge in [-0.1, -0.05) is 103 Å². The number of nitrogens with zero attached hydrogens (tertiary/aromatic N) is 1. The number of ether oxygens (including phenoxy) is 2. The molecule has 0 spiro atoms. The maximum atomic E-state index is 12.6.